The first-order valence-corrected chi connectivity index (χ1v) is 7.66. The number of phosphoric acid groups is 1. The summed E-state index contributed by atoms with van der Waals surface area (Å²) in [6, 6.07) is 0. The SMILES string of the molecule is CCOP(=O)(OCC)OC1(Cl)CCCCC1. The second-order valence-electron chi connectivity index (χ2n) is 3.82. The molecule has 16 heavy (non-hydrogen) atoms. The molecule has 0 spiro atoms. The van der Waals surface area contributed by atoms with Gasteiger partial charge in [0.1, 0.15) is 0 Å². The monoisotopic (exact) mass is 270 g/mol. The average Bonchev–Trinajstić information content (AvgIpc) is 2.17. The minimum atomic E-state index is -3.49. The Bertz CT molecular complexity index is 243. The van der Waals surface area contributed by atoms with Gasteiger partial charge >= 0.3 is 7.82 Å². The summed E-state index contributed by atoms with van der Waals surface area (Å²) in [5, 5.41) is -0.877. The van der Waals surface area contributed by atoms with E-state index in [1.54, 1.807) is 13.8 Å². The smallest absolute Gasteiger partial charge is 0.287 e. The molecule has 1 saturated carbocycles. The lowest BCUT2D eigenvalue weighted by molar-refractivity contribution is 0.0416. The lowest BCUT2D eigenvalue weighted by atomic mass is 9.97. The third-order valence-electron chi connectivity index (χ3n) is 2.45. The molecule has 0 aromatic rings. The highest BCUT2D eigenvalue weighted by Gasteiger charge is 2.40. The Hall–Kier alpha value is 0.400. The van der Waals surface area contributed by atoms with Gasteiger partial charge in [0.25, 0.3) is 0 Å². The van der Waals surface area contributed by atoms with Gasteiger partial charge in [-0.05, 0) is 39.5 Å². The predicted molar refractivity (Wildman–Crippen MR) is 63.6 cm³/mol. The summed E-state index contributed by atoms with van der Waals surface area (Å²) in [4.78, 5) is 0. The van der Waals surface area contributed by atoms with E-state index in [-0.39, 0.29) is 13.2 Å². The van der Waals surface area contributed by atoms with Gasteiger partial charge in [-0.15, -0.1) is 0 Å². The summed E-state index contributed by atoms with van der Waals surface area (Å²) in [5.74, 6) is 0. The lowest BCUT2D eigenvalue weighted by Gasteiger charge is -2.33. The molecule has 0 bridgehead atoms. The minimum Gasteiger partial charge on any atom is -0.287 e. The molecular weight excluding hydrogens is 251 g/mol. The summed E-state index contributed by atoms with van der Waals surface area (Å²) in [6.45, 7) is 4.06. The number of hydrogen-bond donors (Lipinski definition) is 0. The van der Waals surface area contributed by atoms with Crippen molar-refractivity contribution >= 4 is 19.4 Å². The number of hydrogen-bond acceptors (Lipinski definition) is 4. The van der Waals surface area contributed by atoms with Crippen molar-refractivity contribution in [1.29, 1.82) is 0 Å². The maximum Gasteiger partial charge on any atom is 0.476 e. The van der Waals surface area contributed by atoms with Crippen molar-refractivity contribution in [1.82, 2.24) is 0 Å². The van der Waals surface area contributed by atoms with Gasteiger partial charge in [-0.3, -0.25) is 13.6 Å². The molecule has 0 radical (unpaired) electrons. The first-order chi connectivity index (χ1) is 7.54. The number of phosphoric ester groups is 1. The van der Waals surface area contributed by atoms with Crippen molar-refractivity contribution in [2.75, 3.05) is 13.2 Å². The van der Waals surface area contributed by atoms with Crippen LogP contribution in [0.5, 0.6) is 0 Å². The molecule has 0 N–H and O–H groups in total. The molecule has 1 aliphatic rings. The zero-order chi connectivity index (χ0) is 12.1. The van der Waals surface area contributed by atoms with Crippen molar-refractivity contribution in [2.24, 2.45) is 0 Å². The Morgan fingerprint density at radius 3 is 2.06 bits per heavy atom. The van der Waals surface area contributed by atoms with E-state index >= 15 is 0 Å². The van der Waals surface area contributed by atoms with Crippen LogP contribution < -0.4 is 0 Å². The number of rotatable bonds is 6. The third kappa shape index (κ3) is 4.34. The van der Waals surface area contributed by atoms with Crippen LogP contribution in [0.2, 0.25) is 0 Å². The molecule has 0 atom stereocenters. The molecule has 0 aromatic carbocycles. The molecule has 0 saturated heterocycles. The molecular formula is C10H20ClO4P. The highest BCUT2D eigenvalue weighted by Crippen LogP contribution is 2.56. The van der Waals surface area contributed by atoms with E-state index in [0.717, 1.165) is 19.3 Å². The second-order valence-corrected chi connectivity index (χ2v) is 6.10. The van der Waals surface area contributed by atoms with Crippen LogP contribution >= 0.6 is 19.4 Å². The molecule has 0 heterocycles. The van der Waals surface area contributed by atoms with Crippen LogP contribution in [0.25, 0.3) is 0 Å². The highest BCUT2D eigenvalue weighted by molar-refractivity contribution is 7.48. The fourth-order valence-electron chi connectivity index (χ4n) is 1.78. The second kappa shape index (κ2) is 6.36. The van der Waals surface area contributed by atoms with Crippen LogP contribution in [0, 0.1) is 0 Å². The minimum absolute atomic E-state index is 0.282. The summed E-state index contributed by atoms with van der Waals surface area (Å²) >= 11 is 6.28. The van der Waals surface area contributed by atoms with E-state index in [0.29, 0.717) is 12.8 Å². The van der Waals surface area contributed by atoms with Gasteiger partial charge in [0, 0.05) is 0 Å². The standard InChI is InChI=1S/C10H20ClO4P/c1-3-13-16(12,14-4-2)15-10(11)8-6-5-7-9-10/h3-9H2,1-2H3. The van der Waals surface area contributed by atoms with Crippen molar-refractivity contribution in [2.45, 2.75) is 51.0 Å². The van der Waals surface area contributed by atoms with Crippen molar-refractivity contribution in [3.8, 4) is 0 Å². The molecule has 96 valence electrons. The molecule has 1 rings (SSSR count). The van der Waals surface area contributed by atoms with Gasteiger partial charge in [-0.2, -0.15) is 0 Å². The van der Waals surface area contributed by atoms with E-state index in [2.05, 4.69) is 0 Å². The van der Waals surface area contributed by atoms with E-state index in [4.69, 9.17) is 25.2 Å². The van der Waals surface area contributed by atoms with Crippen LogP contribution in [-0.2, 0) is 18.1 Å². The molecule has 1 fully saturated rings. The third-order valence-corrected chi connectivity index (χ3v) is 4.73. The Morgan fingerprint density at radius 1 is 1.12 bits per heavy atom. The van der Waals surface area contributed by atoms with Gasteiger partial charge in [-0.1, -0.05) is 18.0 Å². The fourth-order valence-corrected chi connectivity index (χ4v) is 3.69. The zero-order valence-electron chi connectivity index (χ0n) is 9.91. The number of halogens is 1. The topological polar surface area (TPSA) is 44.8 Å². The predicted octanol–water partition coefficient (Wildman–Crippen LogP) is 4.08. The van der Waals surface area contributed by atoms with Crippen LogP contribution in [0.15, 0.2) is 0 Å². The van der Waals surface area contributed by atoms with Crippen molar-refractivity contribution in [3.63, 3.8) is 0 Å². The summed E-state index contributed by atoms with van der Waals surface area (Å²) in [5.41, 5.74) is 0. The summed E-state index contributed by atoms with van der Waals surface area (Å²) in [6.07, 6.45) is 4.51. The Balaban J connectivity index is 2.62. The maximum absolute atomic E-state index is 12.1. The molecule has 0 amide bonds. The first-order valence-electron chi connectivity index (χ1n) is 5.82. The Kier molecular flexibility index (Phi) is 5.75. The molecule has 4 nitrogen and oxygen atoms in total. The van der Waals surface area contributed by atoms with Gasteiger partial charge in [-0.25, -0.2) is 4.57 Å². The van der Waals surface area contributed by atoms with Crippen LogP contribution in [0.3, 0.4) is 0 Å². The van der Waals surface area contributed by atoms with E-state index in [1.807, 2.05) is 0 Å². The molecule has 1 aliphatic carbocycles. The van der Waals surface area contributed by atoms with Crippen LogP contribution in [-0.4, -0.2) is 18.3 Å². The largest absolute Gasteiger partial charge is 0.476 e. The van der Waals surface area contributed by atoms with Crippen molar-refractivity contribution in [3.05, 3.63) is 0 Å². The fraction of sp³-hybridized carbons (Fsp3) is 1.00. The summed E-state index contributed by atoms with van der Waals surface area (Å²) < 4.78 is 27.7. The van der Waals surface area contributed by atoms with E-state index in [1.165, 1.54) is 0 Å². The van der Waals surface area contributed by atoms with Gasteiger partial charge in [0.2, 0.25) is 0 Å². The normalized spacial score (nSPS) is 20.9. The zero-order valence-corrected chi connectivity index (χ0v) is 11.6. The molecule has 0 aliphatic heterocycles. The van der Waals surface area contributed by atoms with E-state index < -0.39 is 12.9 Å². The molecule has 0 unspecified atom stereocenters. The summed E-state index contributed by atoms with van der Waals surface area (Å²) in [7, 11) is -3.49. The van der Waals surface area contributed by atoms with Crippen molar-refractivity contribution < 1.29 is 18.1 Å². The quantitative estimate of drug-likeness (QED) is 0.539. The van der Waals surface area contributed by atoms with Crippen LogP contribution in [0.4, 0.5) is 0 Å². The van der Waals surface area contributed by atoms with Gasteiger partial charge in [0.05, 0.1) is 13.2 Å². The Morgan fingerprint density at radius 2 is 1.62 bits per heavy atom. The van der Waals surface area contributed by atoms with E-state index in [9.17, 15) is 4.57 Å². The van der Waals surface area contributed by atoms with Gasteiger partial charge < -0.3 is 0 Å². The first kappa shape index (κ1) is 14.5. The molecule has 0 aromatic heterocycles. The van der Waals surface area contributed by atoms with Gasteiger partial charge in [0.15, 0.2) is 5.06 Å². The lowest BCUT2D eigenvalue weighted by Crippen LogP contribution is -2.28. The number of alkyl halides is 1. The Labute approximate surface area is 102 Å². The highest BCUT2D eigenvalue weighted by atomic mass is 35.5. The average molecular weight is 271 g/mol. The van der Waals surface area contributed by atoms with Crippen LogP contribution in [0.1, 0.15) is 46.0 Å². The molecule has 6 heteroatoms. The maximum atomic E-state index is 12.1.